The molecule has 0 aliphatic heterocycles. The van der Waals surface area contributed by atoms with E-state index in [1.165, 1.54) is 50.1 Å². The third kappa shape index (κ3) is 5.10. The van der Waals surface area contributed by atoms with Gasteiger partial charge >= 0.3 is 0 Å². The van der Waals surface area contributed by atoms with Gasteiger partial charge in [-0.25, -0.2) is 15.0 Å². The number of hydrogen-bond donors (Lipinski definition) is 0. The Balaban J connectivity index is 1.04. The van der Waals surface area contributed by atoms with Gasteiger partial charge in [-0.3, -0.25) is 0 Å². The van der Waals surface area contributed by atoms with Gasteiger partial charge in [-0.1, -0.05) is 208 Å². The molecule has 0 unspecified atom stereocenters. The fourth-order valence-corrected chi connectivity index (χ4v) is 9.73. The van der Waals surface area contributed by atoms with Crippen LogP contribution in [0.5, 0.6) is 0 Å². The summed E-state index contributed by atoms with van der Waals surface area (Å²) in [6, 6.07) is 72.0. The number of rotatable bonds is 5. The third-order valence-corrected chi connectivity index (χ3v) is 12.5. The standard InChI is InChI=1S/C55H39N3/c1-54(2)47-27-15-16-28-48(47)55(45-25-13-11-22-42(45)43-23-12-14-26-46(43)55)49-34-33-40(35-50(49)54)36-29-31-39(32-30-36)52-56-51(38-19-7-4-8-20-38)57-53(58-52)44-24-10-9-21-41(44)37-17-5-3-6-18-37/h3-35H,1-2H3. The van der Waals surface area contributed by atoms with Crippen LogP contribution in [0.1, 0.15) is 47.2 Å². The van der Waals surface area contributed by atoms with Gasteiger partial charge in [0.25, 0.3) is 0 Å². The molecular weight excluding hydrogens is 703 g/mol. The van der Waals surface area contributed by atoms with E-state index in [0.717, 1.165) is 33.4 Å². The van der Waals surface area contributed by atoms with Crippen molar-refractivity contribution in [3.05, 3.63) is 234 Å². The van der Waals surface area contributed by atoms with Crippen LogP contribution in [-0.2, 0) is 10.8 Å². The quantitative estimate of drug-likeness (QED) is 0.176. The zero-order valence-electron chi connectivity index (χ0n) is 32.4. The second kappa shape index (κ2) is 13.2. The van der Waals surface area contributed by atoms with Crippen molar-refractivity contribution in [2.75, 3.05) is 0 Å². The van der Waals surface area contributed by atoms with Crippen LogP contribution in [0.2, 0.25) is 0 Å². The highest BCUT2D eigenvalue weighted by atomic mass is 15.0. The van der Waals surface area contributed by atoms with Crippen molar-refractivity contribution in [1.29, 1.82) is 0 Å². The maximum Gasteiger partial charge on any atom is 0.164 e. The zero-order chi connectivity index (χ0) is 38.8. The Morgan fingerprint density at radius 1 is 0.276 bits per heavy atom. The van der Waals surface area contributed by atoms with Crippen LogP contribution in [-0.4, -0.2) is 15.0 Å². The van der Waals surface area contributed by atoms with Crippen molar-refractivity contribution in [2.45, 2.75) is 24.7 Å². The number of hydrogen-bond acceptors (Lipinski definition) is 3. The summed E-state index contributed by atoms with van der Waals surface area (Å²) in [7, 11) is 0. The van der Waals surface area contributed by atoms with Crippen molar-refractivity contribution in [2.24, 2.45) is 0 Å². The van der Waals surface area contributed by atoms with Gasteiger partial charge in [-0.2, -0.15) is 0 Å². The number of benzene rings is 8. The van der Waals surface area contributed by atoms with Crippen LogP contribution >= 0.6 is 0 Å². The first-order valence-corrected chi connectivity index (χ1v) is 20.0. The molecule has 58 heavy (non-hydrogen) atoms. The molecule has 1 spiro atoms. The van der Waals surface area contributed by atoms with E-state index in [0.29, 0.717) is 17.5 Å². The average Bonchev–Trinajstić information content (AvgIpc) is 3.59. The summed E-state index contributed by atoms with van der Waals surface area (Å²) < 4.78 is 0. The van der Waals surface area contributed by atoms with E-state index in [9.17, 15) is 0 Å². The normalized spacial score (nSPS) is 14.0. The molecule has 274 valence electrons. The van der Waals surface area contributed by atoms with E-state index in [4.69, 9.17) is 15.0 Å². The predicted octanol–water partition coefficient (Wildman–Crippen LogP) is 13.2. The van der Waals surface area contributed by atoms with Crippen LogP contribution in [0.4, 0.5) is 0 Å². The van der Waals surface area contributed by atoms with Crippen LogP contribution in [0.25, 0.3) is 67.5 Å². The van der Waals surface area contributed by atoms with Gasteiger partial charge in [0.15, 0.2) is 17.5 Å². The largest absolute Gasteiger partial charge is 0.208 e. The maximum absolute atomic E-state index is 5.14. The van der Waals surface area contributed by atoms with E-state index in [1.807, 2.05) is 30.3 Å². The van der Waals surface area contributed by atoms with E-state index in [-0.39, 0.29) is 5.41 Å². The smallest absolute Gasteiger partial charge is 0.164 e. The highest BCUT2D eigenvalue weighted by Crippen LogP contribution is 2.62. The minimum absolute atomic E-state index is 0.217. The predicted molar refractivity (Wildman–Crippen MR) is 236 cm³/mol. The molecule has 3 heteroatoms. The van der Waals surface area contributed by atoms with Gasteiger partial charge in [0.05, 0.1) is 5.41 Å². The molecule has 1 aromatic heterocycles. The van der Waals surface area contributed by atoms with Gasteiger partial charge in [-0.05, 0) is 72.8 Å². The van der Waals surface area contributed by atoms with Crippen molar-refractivity contribution in [1.82, 2.24) is 15.0 Å². The van der Waals surface area contributed by atoms with Gasteiger partial charge < -0.3 is 0 Å². The topological polar surface area (TPSA) is 38.7 Å². The first-order chi connectivity index (χ1) is 28.5. The van der Waals surface area contributed by atoms with E-state index in [2.05, 4.69) is 184 Å². The monoisotopic (exact) mass is 741 g/mol. The zero-order valence-corrected chi connectivity index (χ0v) is 32.4. The lowest BCUT2D eigenvalue weighted by Crippen LogP contribution is -2.40. The Bertz CT molecular complexity index is 2970. The molecule has 3 nitrogen and oxygen atoms in total. The first-order valence-electron chi connectivity index (χ1n) is 20.0. The molecule has 0 saturated carbocycles. The molecule has 0 bridgehead atoms. The maximum atomic E-state index is 5.14. The second-order valence-electron chi connectivity index (χ2n) is 15.9. The van der Waals surface area contributed by atoms with Crippen molar-refractivity contribution < 1.29 is 0 Å². The van der Waals surface area contributed by atoms with Gasteiger partial charge in [0.1, 0.15) is 0 Å². The van der Waals surface area contributed by atoms with E-state index < -0.39 is 5.41 Å². The van der Waals surface area contributed by atoms with Crippen molar-refractivity contribution in [3.63, 3.8) is 0 Å². The first kappa shape index (κ1) is 34.1. The summed E-state index contributed by atoms with van der Waals surface area (Å²) in [4.78, 5) is 15.3. The van der Waals surface area contributed by atoms with Gasteiger partial charge in [0, 0.05) is 22.1 Å². The lowest BCUT2D eigenvalue weighted by atomic mass is 9.55. The molecule has 11 rings (SSSR count). The highest BCUT2D eigenvalue weighted by molar-refractivity contribution is 5.89. The molecule has 0 N–H and O–H groups in total. The van der Waals surface area contributed by atoms with Crippen LogP contribution < -0.4 is 0 Å². The lowest BCUT2D eigenvalue weighted by molar-refractivity contribution is 0.563. The van der Waals surface area contributed by atoms with E-state index in [1.54, 1.807) is 0 Å². The Morgan fingerprint density at radius 2 is 0.690 bits per heavy atom. The van der Waals surface area contributed by atoms with E-state index >= 15 is 0 Å². The number of fused-ring (bicyclic) bond motifs is 9. The summed E-state index contributed by atoms with van der Waals surface area (Å²) in [5.41, 5.74) is 17.6. The molecule has 9 aromatic rings. The Hall–Kier alpha value is -7.23. The molecule has 8 aromatic carbocycles. The van der Waals surface area contributed by atoms with Gasteiger partial charge in [0.2, 0.25) is 0 Å². The summed E-state index contributed by atoms with van der Waals surface area (Å²) in [6.07, 6.45) is 0. The summed E-state index contributed by atoms with van der Waals surface area (Å²) in [6.45, 7) is 4.77. The molecule has 0 fully saturated rings. The SMILES string of the molecule is CC1(C)c2ccccc2C2(c3ccccc3-c3ccccc32)c2ccc(-c3ccc(-c4nc(-c5ccccc5)nc(-c5ccccc5-c5ccccc5)n4)cc3)cc21. The minimum atomic E-state index is -0.400. The summed E-state index contributed by atoms with van der Waals surface area (Å²) >= 11 is 0. The van der Waals surface area contributed by atoms with Crippen LogP contribution in [0, 0.1) is 0 Å². The molecule has 2 aliphatic rings. The van der Waals surface area contributed by atoms with Gasteiger partial charge in [-0.15, -0.1) is 0 Å². The number of aromatic nitrogens is 3. The molecule has 0 atom stereocenters. The fraction of sp³-hybridized carbons (Fsp3) is 0.0727. The van der Waals surface area contributed by atoms with Crippen LogP contribution in [0.3, 0.4) is 0 Å². The average molecular weight is 742 g/mol. The Labute approximate surface area is 339 Å². The third-order valence-electron chi connectivity index (χ3n) is 12.5. The number of nitrogens with zero attached hydrogens (tertiary/aromatic N) is 3. The molecule has 1 heterocycles. The summed E-state index contributed by atoms with van der Waals surface area (Å²) in [5, 5.41) is 0. The summed E-state index contributed by atoms with van der Waals surface area (Å²) in [5.74, 6) is 1.93. The molecule has 2 aliphatic carbocycles. The highest BCUT2D eigenvalue weighted by Gasteiger charge is 2.53. The molecular formula is C55H39N3. The van der Waals surface area contributed by atoms with Crippen LogP contribution in [0.15, 0.2) is 200 Å². The fourth-order valence-electron chi connectivity index (χ4n) is 9.73. The van der Waals surface area contributed by atoms with Crippen molar-refractivity contribution in [3.8, 4) is 67.5 Å². The molecule has 0 saturated heterocycles. The van der Waals surface area contributed by atoms with Crippen molar-refractivity contribution >= 4 is 0 Å². The Morgan fingerprint density at radius 3 is 1.31 bits per heavy atom. The molecule has 0 amide bonds. The molecule has 0 radical (unpaired) electrons. The lowest BCUT2D eigenvalue weighted by Gasteiger charge is -2.46. The Kier molecular flexibility index (Phi) is 7.74. The minimum Gasteiger partial charge on any atom is -0.208 e. The second-order valence-corrected chi connectivity index (χ2v) is 15.9.